The van der Waals surface area contributed by atoms with Crippen molar-refractivity contribution in [3.8, 4) is 11.3 Å². The summed E-state index contributed by atoms with van der Waals surface area (Å²) in [6.45, 7) is 7.07. The van der Waals surface area contributed by atoms with E-state index in [4.69, 9.17) is 4.52 Å². The Morgan fingerprint density at radius 1 is 1.06 bits per heavy atom. The van der Waals surface area contributed by atoms with Crippen molar-refractivity contribution in [1.29, 1.82) is 0 Å². The number of carbonyl (C=O) groups excluding carboxylic acids is 2. The van der Waals surface area contributed by atoms with Crippen molar-refractivity contribution in [3.05, 3.63) is 76.5 Å². The van der Waals surface area contributed by atoms with E-state index in [0.29, 0.717) is 38.1 Å². The number of benzene rings is 2. The topological polar surface area (TPSA) is 75.4 Å². The molecule has 0 saturated carbocycles. The lowest BCUT2D eigenvalue weighted by atomic mass is 9.81. The van der Waals surface area contributed by atoms with Crippen molar-refractivity contribution >= 4 is 11.8 Å². The van der Waals surface area contributed by atoms with E-state index in [2.05, 4.69) is 30.4 Å². The van der Waals surface area contributed by atoms with Crippen LogP contribution in [-0.4, -0.2) is 42.0 Å². The first-order valence-corrected chi connectivity index (χ1v) is 11.4. The lowest BCUT2D eigenvalue weighted by molar-refractivity contribution is -0.132. The summed E-state index contributed by atoms with van der Waals surface area (Å²) in [5, 5.41) is 7.04. The SMILES string of the molecule is CNC(=O)[C@]1(Cc2cc(-c3ccccc3C)no2)CCN(C(=O)Cc2ccc(C)c(C)c2)C1. The Labute approximate surface area is 195 Å². The fraction of sp³-hybridized carbons (Fsp3) is 0.370. The molecule has 0 aliphatic carbocycles. The van der Waals surface area contributed by atoms with E-state index < -0.39 is 5.41 Å². The van der Waals surface area contributed by atoms with Crippen LogP contribution in [0.25, 0.3) is 11.3 Å². The molecule has 2 aromatic carbocycles. The Morgan fingerprint density at radius 3 is 2.58 bits per heavy atom. The number of hydrogen-bond acceptors (Lipinski definition) is 4. The van der Waals surface area contributed by atoms with Crippen molar-refractivity contribution in [2.75, 3.05) is 20.1 Å². The van der Waals surface area contributed by atoms with Crippen LogP contribution in [-0.2, 0) is 22.4 Å². The molecule has 1 N–H and O–H groups in total. The van der Waals surface area contributed by atoms with Gasteiger partial charge in [-0.15, -0.1) is 0 Å². The number of aromatic nitrogens is 1. The number of carbonyl (C=O) groups is 2. The van der Waals surface area contributed by atoms with Crippen LogP contribution in [0.5, 0.6) is 0 Å². The highest BCUT2D eigenvalue weighted by atomic mass is 16.5. The second-order valence-electron chi connectivity index (χ2n) is 9.19. The predicted molar refractivity (Wildman–Crippen MR) is 128 cm³/mol. The monoisotopic (exact) mass is 445 g/mol. The van der Waals surface area contributed by atoms with Crippen molar-refractivity contribution in [2.45, 2.75) is 40.0 Å². The molecule has 1 aliphatic heterocycles. The van der Waals surface area contributed by atoms with E-state index in [1.165, 1.54) is 11.1 Å². The van der Waals surface area contributed by atoms with E-state index in [9.17, 15) is 9.59 Å². The summed E-state index contributed by atoms with van der Waals surface area (Å²) >= 11 is 0. The van der Waals surface area contributed by atoms with Gasteiger partial charge in [0, 0.05) is 38.2 Å². The van der Waals surface area contributed by atoms with Crippen LogP contribution < -0.4 is 5.32 Å². The largest absolute Gasteiger partial charge is 0.361 e. The smallest absolute Gasteiger partial charge is 0.228 e. The van der Waals surface area contributed by atoms with Crippen LogP contribution in [0.1, 0.15) is 34.4 Å². The molecular formula is C27H31N3O3. The molecule has 4 rings (SSSR count). The molecule has 0 bridgehead atoms. The van der Waals surface area contributed by atoms with Gasteiger partial charge in [0.15, 0.2) is 0 Å². The molecule has 6 heteroatoms. The average molecular weight is 446 g/mol. The minimum Gasteiger partial charge on any atom is -0.361 e. The van der Waals surface area contributed by atoms with Gasteiger partial charge in [0.05, 0.1) is 11.8 Å². The van der Waals surface area contributed by atoms with E-state index >= 15 is 0 Å². The van der Waals surface area contributed by atoms with Crippen molar-refractivity contribution in [3.63, 3.8) is 0 Å². The first kappa shape index (κ1) is 22.8. The number of nitrogens with one attached hydrogen (secondary N) is 1. The summed E-state index contributed by atoms with van der Waals surface area (Å²) in [5.41, 5.74) is 5.55. The normalized spacial score (nSPS) is 17.9. The minimum absolute atomic E-state index is 0.0437. The lowest BCUT2D eigenvalue weighted by Gasteiger charge is -2.26. The maximum atomic E-state index is 13.0. The van der Waals surface area contributed by atoms with Crippen LogP contribution in [0.15, 0.2) is 53.1 Å². The Morgan fingerprint density at radius 2 is 1.85 bits per heavy atom. The van der Waals surface area contributed by atoms with E-state index in [1.54, 1.807) is 7.05 Å². The molecule has 2 heterocycles. The first-order valence-electron chi connectivity index (χ1n) is 11.4. The maximum absolute atomic E-state index is 13.0. The van der Waals surface area contributed by atoms with Gasteiger partial charge in [0.2, 0.25) is 11.8 Å². The fourth-order valence-electron chi connectivity index (χ4n) is 4.68. The van der Waals surface area contributed by atoms with Gasteiger partial charge in [-0.2, -0.15) is 0 Å². The molecule has 0 spiro atoms. The third kappa shape index (κ3) is 4.70. The van der Waals surface area contributed by atoms with Crippen molar-refractivity contribution < 1.29 is 14.1 Å². The molecule has 0 unspecified atom stereocenters. The molecule has 172 valence electrons. The number of likely N-dealkylation sites (tertiary alicyclic amines) is 1. The molecule has 33 heavy (non-hydrogen) atoms. The fourth-order valence-corrected chi connectivity index (χ4v) is 4.68. The third-order valence-electron chi connectivity index (χ3n) is 6.83. The molecule has 1 atom stereocenters. The zero-order valence-electron chi connectivity index (χ0n) is 19.8. The summed E-state index contributed by atoms with van der Waals surface area (Å²) in [6, 6.07) is 16.0. The molecule has 1 fully saturated rings. The highest BCUT2D eigenvalue weighted by Crippen LogP contribution is 2.36. The van der Waals surface area contributed by atoms with E-state index in [0.717, 1.165) is 22.4 Å². The van der Waals surface area contributed by atoms with Crippen molar-refractivity contribution in [2.24, 2.45) is 5.41 Å². The van der Waals surface area contributed by atoms with E-state index in [-0.39, 0.29) is 11.8 Å². The molecule has 6 nitrogen and oxygen atoms in total. The van der Waals surface area contributed by atoms with Crippen LogP contribution >= 0.6 is 0 Å². The highest BCUT2D eigenvalue weighted by molar-refractivity contribution is 5.86. The van der Waals surface area contributed by atoms with Gasteiger partial charge in [-0.25, -0.2) is 0 Å². The predicted octanol–water partition coefficient (Wildman–Crippen LogP) is 4.02. The van der Waals surface area contributed by atoms with Crippen LogP contribution in [0, 0.1) is 26.2 Å². The van der Waals surface area contributed by atoms with Crippen LogP contribution in [0.2, 0.25) is 0 Å². The zero-order chi connectivity index (χ0) is 23.6. The van der Waals surface area contributed by atoms with Gasteiger partial charge in [-0.1, -0.05) is 47.6 Å². The number of rotatable bonds is 6. The molecule has 1 aliphatic rings. The lowest BCUT2D eigenvalue weighted by Crippen LogP contribution is -2.44. The number of nitrogens with zero attached hydrogens (tertiary/aromatic N) is 2. The Kier molecular flexibility index (Phi) is 6.36. The summed E-state index contributed by atoms with van der Waals surface area (Å²) in [6.07, 6.45) is 1.33. The summed E-state index contributed by atoms with van der Waals surface area (Å²) in [4.78, 5) is 27.8. The molecule has 0 radical (unpaired) electrons. The second kappa shape index (κ2) is 9.22. The summed E-state index contributed by atoms with van der Waals surface area (Å²) in [7, 11) is 1.64. The second-order valence-corrected chi connectivity index (χ2v) is 9.19. The van der Waals surface area contributed by atoms with Crippen molar-refractivity contribution in [1.82, 2.24) is 15.4 Å². The molecular weight excluding hydrogens is 414 g/mol. The van der Waals surface area contributed by atoms with Gasteiger partial charge in [-0.3, -0.25) is 9.59 Å². The summed E-state index contributed by atoms with van der Waals surface area (Å²) < 4.78 is 5.64. The summed E-state index contributed by atoms with van der Waals surface area (Å²) in [5.74, 6) is 0.625. The van der Waals surface area contributed by atoms with Gasteiger partial charge >= 0.3 is 0 Å². The average Bonchev–Trinajstić information content (AvgIpc) is 3.44. The van der Waals surface area contributed by atoms with Gasteiger partial charge in [0.25, 0.3) is 0 Å². The van der Waals surface area contributed by atoms with E-state index in [1.807, 2.05) is 54.3 Å². The van der Waals surface area contributed by atoms with Crippen LogP contribution in [0.3, 0.4) is 0 Å². The van der Waals surface area contributed by atoms with Gasteiger partial charge in [-0.05, 0) is 49.4 Å². The number of hydrogen-bond donors (Lipinski definition) is 1. The molecule has 3 aromatic rings. The maximum Gasteiger partial charge on any atom is 0.228 e. The van der Waals surface area contributed by atoms with Gasteiger partial charge < -0.3 is 14.7 Å². The zero-order valence-corrected chi connectivity index (χ0v) is 19.8. The Bertz CT molecular complexity index is 1180. The third-order valence-corrected chi connectivity index (χ3v) is 6.83. The Hall–Kier alpha value is -3.41. The quantitative estimate of drug-likeness (QED) is 0.622. The van der Waals surface area contributed by atoms with Crippen LogP contribution in [0.4, 0.5) is 0 Å². The molecule has 2 amide bonds. The standard InChI is InChI=1S/C27H31N3O3/c1-18-9-10-21(13-20(18)3)14-25(31)30-12-11-27(17-30,26(32)28-4)16-22-15-24(29-33-22)23-8-6-5-7-19(23)2/h5-10,13,15H,11-12,14,16-17H2,1-4H3,(H,28,32)/t27-/m0/s1. The minimum atomic E-state index is -0.726. The Balaban J connectivity index is 1.50. The molecule has 1 aromatic heterocycles. The number of aryl methyl sites for hydroxylation is 3. The van der Waals surface area contributed by atoms with Gasteiger partial charge in [0.1, 0.15) is 11.5 Å². The molecule has 1 saturated heterocycles. The first-order chi connectivity index (χ1) is 15.8. The number of amides is 2. The highest BCUT2D eigenvalue weighted by Gasteiger charge is 2.46.